The molecule has 1 aromatic rings. The maximum absolute atomic E-state index is 13.4. The quantitative estimate of drug-likeness (QED) is 0.260. The van der Waals surface area contributed by atoms with E-state index in [-0.39, 0.29) is 18.4 Å². The highest BCUT2D eigenvalue weighted by Gasteiger charge is 2.62. The molecule has 0 amide bonds. The van der Waals surface area contributed by atoms with Crippen LogP contribution in [0.4, 0.5) is 0 Å². The Morgan fingerprint density at radius 3 is 2.18 bits per heavy atom. The first-order chi connectivity index (χ1) is 20.5. The van der Waals surface area contributed by atoms with E-state index >= 15 is 0 Å². The van der Waals surface area contributed by atoms with Crippen LogP contribution in [0.5, 0.6) is 0 Å². The van der Waals surface area contributed by atoms with Gasteiger partial charge in [-0.1, -0.05) is 57.7 Å². The van der Waals surface area contributed by atoms with Crippen LogP contribution in [0.15, 0.2) is 53.6 Å². The number of ether oxygens (including phenoxy) is 3. The standard InChI is InChI=1S/C35H49NO8/c1-19-26(44-28(39)18-25(36(8)9)23-13-11-10-12-14-23)15-16-35(7)29(19)31(40)24-17-27(42-21(3)37)20(2)30(34(24,5)6)32(33(35)41)43-22(4)38/h10-14,24-27,29,31-33,40-41H,1,15-18H2,2-9H3. The molecule has 3 aliphatic carbocycles. The molecule has 1 aromatic carbocycles. The van der Waals surface area contributed by atoms with Crippen LogP contribution in [0, 0.1) is 22.7 Å². The topological polar surface area (TPSA) is 123 Å². The van der Waals surface area contributed by atoms with Crippen molar-refractivity contribution in [2.24, 2.45) is 22.7 Å². The molecule has 2 bridgehead atoms. The lowest BCUT2D eigenvalue weighted by atomic mass is 9.49. The van der Waals surface area contributed by atoms with Crippen molar-refractivity contribution in [1.82, 2.24) is 4.90 Å². The third kappa shape index (κ3) is 6.24. The van der Waals surface area contributed by atoms with Crippen LogP contribution >= 0.6 is 0 Å². The highest BCUT2D eigenvalue weighted by atomic mass is 16.6. The van der Waals surface area contributed by atoms with Crippen LogP contribution in [0.25, 0.3) is 0 Å². The number of fused-ring (bicyclic) bond motifs is 3. The summed E-state index contributed by atoms with van der Waals surface area (Å²) in [5.41, 5.74) is 1.22. The van der Waals surface area contributed by atoms with E-state index in [1.165, 1.54) is 13.8 Å². The first-order valence-electron chi connectivity index (χ1n) is 15.5. The van der Waals surface area contributed by atoms with Crippen molar-refractivity contribution in [3.8, 4) is 0 Å². The molecule has 242 valence electrons. The summed E-state index contributed by atoms with van der Waals surface area (Å²) in [7, 11) is 3.84. The van der Waals surface area contributed by atoms with E-state index < -0.39 is 65.1 Å². The maximum Gasteiger partial charge on any atom is 0.308 e. The van der Waals surface area contributed by atoms with E-state index in [2.05, 4.69) is 6.58 Å². The van der Waals surface area contributed by atoms with E-state index in [9.17, 15) is 24.6 Å². The second-order valence-corrected chi connectivity index (χ2v) is 13.9. The fourth-order valence-corrected chi connectivity index (χ4v) is 8.24. The molecule has 0 saturated heterocycles. The molecule has 9 atom stereocenters. The fourth-order valence-electron chi connectivity index (χ4n) is 8.24. The Kier molecular flexibility index (Phi) is 9.83. The van der Waals surface area contributed by atoms with Gasteiger partial charge in [0.05, 0.1) is 12.5 Å². The minimum atomic E-state index is -1.21. The molecule has 2 saturated carbocycles. The van der Waals surface area contributed by atoms with Gasteiger partial charge < -0.3 is 29.3 Å². The minimum absolute atomic E-state index is 0.135. The number of carbonyl (C=O) groups excluding carboxylic acids is 3. The Bertz CT molecular complexity index is 1300. The SMILES string of the molecule is C=C1C(OC(=O)CC(c2ccccc2)N(C)C)CCC2(C)C(O)C(OC(C)=O)C3=C(C)C(OC(C)=O)CC(C(O)C12)C3(C)C. The van der Waals surface area contributed by atoms with Crippen LogP contribution in [-0.2, 0) is 28.6 Å². The van der Waals surface area contributed by atoms with E-state index in [1.807, 2.05) is 77.0 Å². The van der Waals surface area contributed by atoms with Gasteiger partial charge in [0.15, 0.2) is 6.10 Å². The molecular weight excluding hydrogens is 562 g/mol. The van der Waals surface area contributed by atoms with Gasteiger partial charge in [-0.15, -0.1) is 0 Å². The van der Waals surface area contributed by atoms with Crippen molar-refractivity contribution in [3.63, 3.8) is 0 Å². The number of hydrogen-bond acceptors (Lipinski definition) is 9. The average molecular weight is 612 g/mol. The zero-order valence-electron chi connectivity index (χ0n) is 27.3. The molecule has 0 aliphatic heterocycles. The summed E-state index contributed by atoms with van der Waals surface area (Å²) in [6.07, 6.45) is -3.30. The number of aliphatic hydroxyl groups excluding tert-OH is 2. The van der Waals surface area contributed by atoms with Crippen molar-refractivity contribution in [1.29, 1.82) is 0 Å². The molecule has 9 heteroatoms. The number of rotatable bonds is 7. The highest BCUT2D eigenvalue weighted by molar-refractivity contribution is 5.71. The molecule has 44 heavy (non-hydrogen) atoms. The van der Waals surface area contributed by atoms with Crippen LogP contribution < -0.4 is 0 Å². The lowest BCUT2D eigenvalue weighted by molar-refractivity contribution is -0.183. The van der Waals surface area contributed by atoms with E-state index in [1.54, 1.807) is 0 Å². The Morgan fingerprint density at radius 1 is 1.00 bits per heavy atom. The van der Waals surface area contributed by atoms with Gasteiger partial charge in [-0.3, -0.25) is 14.4 Å². The number of benzene rings is 1. The van der Waals surface area contributed by atoms with Gasteiger partial charge in [0, 0.05) is 31.2 Å². The normalized spacial score (nSPS) is 33.9. The predicted octanol–water partition coefficient (Wildman–Crippen LogP) is 4.53. The van der Waals surface area contributed by atoms with E-state index in [0.29, 0.717) is 30.4 Å². The Morgan fingerprint density at radius 2 is 1.61 bits per heavy atom. The largest absolute Gasteiger partial charge is 0.458 e. The third-order valence-corrected chi connectivity index (χ3v) is 10.5. The van der Waals surface area contributed by atoms with Crippen LogP contribution in [0.3, 0.4) is 0 Å². The van der Waals surface area contributed by atoms with Gasteiger partial charge in [-0.25, -0.2) is 0 Å². The molecule has 0 radical (unpaired) electrons. The molecule has 0 aromatic heterocycles. The number of nitrogens with zero attached hydrogens (tertiary/aromatic N) is 1. The monoisotopic (exact) mass is 611 g/mol. The lowest BCUT2D eigenvalue weighted by Crippen LogP contribution is -2.63. The van der Waals surface area contributed by atoms with Crippen molar-refractivity contribution in [3.05, 3.63) is 59.2 Å². The Labute approximate surface area is 261 Å². The fraction of sp³-hybridized carbons (Fsp3) is 0.629. The zero-order chi connectivity index (χ0) is 32.7. The number of hydrogen-bond donors (Lipinski definition) is 2. The van der Waals surface area contributed by atoms with Crippen LogP contribution in [0.2, 0.25) is 0 Å². The predicted molar refractivity (Wildman–Crippen MR) is 165 cm³/mol. The summed E-state index contributed by atoms with van der Waals surface area (Å²) >= 11 is 0. The van der Waals surface area contributed by atoms with Crippen molar-refractivity contribution < 1.29 is 38.8 Å². The van der Waals surface area contributed by atoms with Gasteiger partial charge in [0.1, 0.15) is 18.3 Å². The second kappa shape index (κ2) is 12.8. The molecule has 0 spiro atoms. The Hall–Kier alpha value is -3.01. The van der Waals surface area contributed by atoms with Crippen LogP contribution in [0.1, 0.15) is 78.8 Å². The molecule has 0 heterocycles. The summed E-state index contributed by atoms with van der Waals surface area (Å²) in [5.74, 6) is -2.53. The minimum Gasteiger partial charge on any atom is -0.458 e. The highest BCUT2D eigenvalue weighted by Crippen LogP contribution is 2.59. The zero-order valence-corrected chi connectivity index (χ0v) is 27.3. The number of esters is 3. The molecule has 3 aliphatic rings. The first-order valence-corrected chi connectivity index (χ1v) is 15.5. The molecule has 2 fully saturated rings. The molecule has 9 unspecified atom stereocenters. The van der Waals surface area contributed by atoms with Gasteiger partial charge in [0.25, 0.3) is 0 Å². The number of carbonyl (C=O) groups is 3. The summed E-state index contributed by atoms with van der Waals surface area (Å²) in [6.45, 7) is 14.6. The van der Waals surface area contributed by atoms with Crippen molar-refractivity contribution in [2.75, 3.05) is 14.1 Å². The summed E-state index contributed by atoms with van der Waals surface area (Å²) in [5, 5.41) is 24.4. The summed E-state index contributed by atoms with van der Waals surface area (Å²) in [6, 6.07) is 9.58. The van der Waals surface area contributed by atoms with Gasteiger partial charge in [0.2, 0.25) is 0 Å². The van der Waals surface area contributed by atoms with Gasteiger partial charge >= 0.3 is 17.9 Å². The van der Waals surface area contributed by atoms with Gasteiger partial charge in [-0.05, 0) is 73.9 Å². The maximum atomic E-state index is 13.4. The van der Waals surface area contributed by atoms with E-state index in [0.717, 1.165) is 11.1 Å². The molecule has 2 N–H and O–H groups in total. The molecular formula is C35H49NO8. The second-order valence-electron chi connectivity index (χ2n) is 13.9. The van der Waals surface area contributed by atoms with E-state index in [4.69, 9.17) is 14.2 Å². The average Bonchev–Trinajstić information content (AvgIpc) is 2.93. The van der Waals surface area contributed by atoms with Crippen molar-refractivity contribution in [2.45, 2.75) is 104 Å². The van der Waals surface area contributed by atoms with Crippen LogP contribution in [-0.4, -0.2) is 77.6 Å². The van der Waals surface area contributed by atoms with Gasteiger partial charge in [-0.2, -0.15) is 0 Å². The molecule has 4 rings (SSSR count). The van der Waals surface area contributed by atoms with Crippen molar-refractivity contribution >= 4 is 17.9 Å². The first kappa shape index (κ1) is 33.9. The smallest absolute Gasteiger partial charge is 0.308 e. The summed E-state index contributed by atoms with van der Waals surface area (Å²) in [4.78, 5) is 39.9. The Balaban J connectivity index is 1.70. The third-order valence-electron chi connectivity index (χ3n) is 10.5. The number of aliphatic hydroxyl groups is 2. The lowest BCUT2D eigenvalue weighted by Gasteiger charge is -2.59. The summed E-state index contributed by atoms with van der Waals surface area (Å²) < 4.78 is 17.6. The molecule has 9 nitrogen and oxygen atoms in total.